The van der Waals surface area contributed by atoms with Gasteiger partial charge in [-0.15, -0.1) is 11.3 Å². The van der Waals surface area contributed by atoms with Gasteiger partial charge in [0.25, 0.3) is 0 Å². The Bertz CT molecular complexity index is 941. The van der Waals surface area contributed by atoms with Crippen molar-refractivity contribution in [3.63, 3.8) is 0 Å². The first-order chi connectivity index (χ1) is 13.3. The molecule has 3 N–H and O–H groups in total. The molecule has 0 bridgehead atoms. The van der Waals surface area contributed by atoms with E-state index in [4.69, 9.17) is 5.73 Å². The number of carboxylic acid groups (broad SMARTS) is 1. The molecule has 0 amide bonds. The highest BCUT2D eigenvalue weighted by molar-refractivity contribution is 7.16. The predicted octanol–water partition coefficient (Wildman–Crippen LogP) is 6.48. The standard InChI is InChI=1S/C24H34N2O2S/c1-14(2)13-26(16-8-9-17(22(27)28)18(25)12-16)21-15(3)19-20(29-21)24(6,7)11-10-23(19,4)5/h8-9,12,14H,10-11,13,25H2,1-7H3,(H,27,28). The van der Waals surface area contributed by atoms with Gasteiger partial charge in [0.05, 0.1) is 10.6 Å². The molecule has 0 aliphatic heterocycles. The SMILES string of the molecule is Cc1c(N(CC(C)C)c2ccc(C(=O)O)c(N)c2)sc2c1C(C)(C)CCC2(C)C. The molecule has 1 aromatic carbocycles. The van der Waals surface area contributed by atoms with Crippen molar-refractivity contribution in [1.29, 1.82) is 0 Å². The zero-order valence-corrected chi connectivity index (χ0v) is 19.5. The Hall–Kier alpha value is -2.01. The molecule has 5 heteroatoms. The molecule has 1 aliphatic carbocycles. The van der Waals surface area contributed by atoms with Crippen LogP contribution in [0.25, 0.3) is 0 Å². The van der Waals surface area contributed by atoms with Crippen molar-refractivity contribution in [2.75, 3.05) is 17.2 Å². The van der Waals surface area contributed by atoms with Gasteiger partial charge in [-0.25, -0.2) is 4.79 Å². The van der Waals surface area contributed by atoms with Crippen molar-refractivity contribution < 1.29 is 9.90 Å². The first-order valence-electron chi connectivity index (χ1n) is 10.4. The van der Waals surface area contributed by atoms with Crippen LogP contribution in [0.4, 0.5) is 16.4 Å². The largest absolute Gasteiger partial charge is 0.478 e. The average Bonchev–Trinajstić information content (AvgIpc) is 2.96. The summed E-state index contributed by atoms with van der Waals surface area (Å²) in [6.45, 7) is 16.9. The fourth-order valence-electron chi connectivity index (χ4n) is 4.50. The lowest BCUT2D eigenvalue weighted by molar-refractivity contribution is 0.0698. The average molecular weight is 415 g/mol. The van der Waals surface area contributed by atoms with Crippen LogP contribution in [0.5, 0.6) is 0 Å². The number of anilines is 3. The first kappa shape index (κ1) is 21.7. The topological polar surface area (TPSA) is 66.6 Å². The van der Waals surface area contributed by atoms with E-state index in [1.807, 2.05) is 17.4 Å². The van der Waals surface area contributed by atoms with Crippen LogP contribution in [0, 0.1) is 12.8 Å². The van der Waals surface area contributed by atoms with E-state index in [1.54, 1.807) is 12.1 Å². The summed E-state index contributed by atoms with van der Waals surface area (Å²) in [6, 6.07) is 5.31. The van der Waals surface area contributed by atoms with Crippen LogP contribution in [-0.2, 0) is 10.8 Å². The summed E-state index contributed by atoms with van der Waals surface area (Å²) in [4.78, 5) is 15.2. The van der Waals surface area contributed by atoms with Gasteiger partial charge in [0.2, 0.25) is 0 Å². The Morgan fingerprint density at radius 1 is 1.21 bits per heavy atom. The minimum atomic E-state index is -0.990. The lowest BCUT2D eigenvalue weighted by Crippen LogP contribution is -2.32. The quantitative estimate of drug-likeness (QED) is 0.550. The molecule has 0 radical (unpaired) electrons. The highest BCUT2D eigenvalue weighted by Gasteiger charge is 2.41. The van der Waals surface area contributed by atoms with Crippen molar-refractivity contribution >= 4 is 33.7 Å². The van der Waals surface area contributed by atoms with Gasteiger partial charge in [0, 0.05) is 22.8 Å². The molecule has 0 unspecified atom stereocenters. The van der Waals surface area contributed by atoms with Gasteiger partial charge in [0.15, 0.2) is 0 Å². The molecule has 0 saturated heterocycles. The Morgan fingerprint density at radius 2 is 1.83 bits per heavy atom. The highest BCUT2D eigenvalue weighted by Crippen LogP contribution is 2.54. The monoisotopic (exact) mass is 414 g/mol. The molecule has 2 aromatic rings. The van der Waals surface area contributed by atoms with E-state index in [9.17, 15) is 9.90 Å². The Balaban J connectivity index is 2.18. The third kappa shape index (κ3) is 3.89. The molecular weight excluding hydrogens is 380 g/mol. The number of nitrogens with zero attached hydrogens (tertiary/aromatic N) is 1. The second-order valence-electron chi connectivity index (χ2n) is 10.1. The second kappa shape index (κ2) is 7.35. The van der Waals surface area contributed by atoms with Crippen LogP contribution in [-0.4, -0.2) is 17.6 Å². The molecule has 0 spiro atoms. The number of carboxylic acids is 1. The summed E-state index contributed by atoms with van der Waals surface area (Å²) in [6.07, 6.45) is 2.38. The van der Waals surface area contributed by atoms with Crippen molar-refractivity contribution in [3.8, 4) is 0 Å². The van der Waals surface area contributed by atoms with E-state index in [0.717, 1.165) is 12.2 Å². The van der Waals surface area contributed by atoms with Crippen LogP contribution in [0.3, 0.4) is 0 Å². The minimum Gasteiger partial charge on any atom is -0.478 e. The van der Waals surface area contributed by atoms with E-state index >= 15 is 0 Å². The van der Waals surface area contributed by atoms with Gasteiger partial charge >= 0.3 is 5.97 Å². The van der Waals surface area contributed by atoms with E-state index in [2.05, 4.69) is 53.4 Å². The molecule has 29 heavy (non-hydrogen) atoms. The predicted molar refractivity (Wildman–Crippen MR) is 124 cm³/mol. The Kier molecular flexibility index (Phi) is 5.50. The number of hydrogen-bond acceptors (Lipinski definition) is 4. The zero-order valence-electron chi connectivity index (χ0n) is 18.7. The van der Waals surface area contributed by atoms with Crippen LogP contribution in [0.2, 0.25) is 0 Å². The number of carbonyl (C=O) groups is 1. The molecule has 1 aliphatic rings. The molecule has 1 heterocycles. The maximum Gasteiger partial charge on any atom is 0.337 e. The first-order valence-corrected chi connectivity index (χ1v) is 11.2. The molecule has 0 saturated carbocycles. The Morgan fingerprint density at radius 3 is 2.34 bits per heavy atom. The molecule has 4 nitrogen and oxygen atoms in total. The van der Waals surface area contributed by atoms with Crippen LogP contribution in [0.1, 0.15) is 80.7 Å². The lowest BCUT2D eigenvalue weighted by Gasteiger charge is -2.39. The maximum absolute atomic E-state index is 11.4. The van der Waals surface area contributed by atoms with Crippen LogP contribution >= 0.6 is 11.3 Å². The molecule has 0 fully saturated rings. The number of fused-ring (bicyclic) bond motifs is 1. The number of rotatable bonds is 5. The van der Waals surface area contributed by atoms with Crippen molar-refractivity contribution in [2.24, 2.45) is 5.92 Å². The van der Waals surface area contributed by atoms with Crippen molar-refractivity contribution in [2.45, 2.75) is 72.1 Å². The van der Waals surface area contributed by atoms with Gasteiger partial charge in [-0.2, -0.15) is 0 Å². The summed E-state index contributed by atoms with van der Waals surface area (Å²) >= 11 is 1.90. The Labute approximate surface area is 178 Å². The van der Waals surface area contributed by atoms with Gasteiger partial charge in [-0.1, -0.05) is 41.5 Å². The van der Waals surface area contributed by atoms with Crippen molar-refractivity contribution in [3.05, 3.63) is 39.8 Å². The maximum atomic E-state index is 11.4. The molecule has 158 valence electrons. The number of benzene rings is 1. The smallest absolute Gasteiger partial charge is 0.337 e. The van der Waals surface area contributed by atoms with Gasteiger partial charge in [-0.05, 0) is 65.8 Å². The summed E-state index contributed by atoms with van der Waals surface area (Å²) < 4.78 is 0. The number of aromatic carboxylic acids is 1. The van der Waals surface area contributed by atoms with E-state index in [1.165, 1.54) is 33.8 Å². The van der Waals surface area contributed by atoms with E-state index in [0.29, 0.717) is 11.6 Å². The number of thiophene rings is 1. The molecule has 0 atom stereocenters. The van der Waals surface area contributed by atoms with E-state index in [-0.39, 0.29) is 16.4 Å². The summed E-state index contributed by atoms with van der Waals surface area (Å²) in [5.74, 6) is -0.536. The zero-order chi connectivity index (χ0) is 21.7. The van der Waals surface area contributed by atoms with Crippen LogP contribution < -0.4 is 10.6 Å². The van der Waals surface area contributed by atoms with Crippen LogP contribution in [0.15, 0.2) is 18.2 Å². The van der Waals surface area contributed by atoms with Gasteiger partial charge in [0.1, 0.15) is 0 Å². The van der Waals surface area contributed by atoms with Gasteiger partial charge < -0.3 is 15.7 Å². The van der Waals surface area contributed by atoms with E-state index < -0.39 is 5.97 Å². The highest BCUT2D eigenvalue weighted by atomic mass is 32.1. The number of hydrogen-bond donors (Lipinski definition) is 2. The molecule has 3 rings (SSSR count). The third-order valence-electron chi connectivity index (χ3n) is 6.16. The summed E-state index contributed by atoms with van der Waals surface area (Å²) in [7, 11) is 0. The third-order valence-corrected chi connectivity index (χ3v) is 7.84. The fraction of sp³-hybridized carbons (Fsp3) is 0.542. The minimum absolute atomic E-state index is 0.155. The normalized spacial score (nSPS) is 17.2. The second-order valence-corrected chi connectivity index (χ2v) is 11.1. The van der Waals surface area contributed by atoms with Crippen molar-refractivity contribution in [1.82, 2.24) is 0 Å². The van der Waals surface area contributed by atoms with Gasteiger partial charge in [-0.3, -0.25) is 0 Å². The summed E-state index contributed by atoms with van der Waals surface area (Å²) in [5.41, 5.74) is 10.7. The molecular formula is C24H34N2O2S. The number of nitrogen functional groups attached to an aromatic ring is 1. The lowest BCUT2D eigenvalue weighted by atomic mass is 9.66. The number of nitrogens with two attached hydrogens (primary N) is 1. The fourth-order valence-corrected chi connectivity index (χ4v) is 6.15. The molecule has 1 aromatic heterocycles. The summed E-state index contributed by atoms with van der Waals surface area (Å²) in [5, 5.41) is 10.6.